The lowest BCUT2D eigenvalue weighted by Gasteiger charge is -2.11. The van der Waals surface area contributed by atoms with Gasteiger partial charge >= 0.3 is 0 Å². The maximum Gasteiger partial charge on any atom is 0.219 e. The lowest BCUT2D eigenvalue weighted by atomic mass is 10.2. The quantitative estimate of drug-likeness (QED) is 0.714. The average molecular weight is 253 g/mol. The van der Waals surface area contributed by atoms with E-state index in [2.05, 4.69) is 5.32 Å². The van der Waals surface area contributed by atoms with Gasteiger partial charge in [-0.05, 0) is 24.1 Å². The van der Waals surface area contributed by atoms with Gasteiger partial charge in [-0.25, -0.2) is 0 Å². The fourth-order valence-corrected chi connectivity index (χ4v) is 1.47. The number of carbonyl (C=O) groups is 1. The van der Waals surface area contributed by atoms with Gasteiger partial charge in [0.15, 0.2) is 11.5 Å². The molecule has 1 aromatic rings. The zero-order valence-corrected chi connectivity index (χ0v) is 10.7. The van der Waals surface area contributed by atoms with Gasteiger partial charge in [0.05, 0.1) is 20.3 Å². The van der Waals surface area contributed by atoms with Crippen molar-refractivity contribution in [2.75, 3.05) is 20.8 Å². The van der Waals surface area contributed by atoms with Crippen LogP contribution in [-0.2, 0) is 11.4 Å². The first-order valence-corrected chi connectivity index (χ1v) is 5.82. The summed E-state index contributed by atoms with van der Waals surface area (Å²) >= 11 is 0. The summed E-state index contributed by atoms with van der Waals surface area (Å²) in [6.07, 6.45) is 1.08. The highest BCUT2D eigenvalue weighted by molar-refractivity contribution is 5.75. The van der Waals surface area contributed by atoms with E-state index < -0.39 is 0 Å². The minimum atomic E-state index is -0.0344. The van der Waals surface area contributed by atoms with Crippen LogP contribution in [0.1, 0.15) is 18.4 Å². The fourth-order valence-electron chi connectivity index (χ4n) is 1.47. The van der Waals surface area contributed by atoms with Crippen molar-refractivity contribution < 1.29 is 19.4 Å². The predicted octanol–water partition coefficient (Wildman–Crippen LogP) is 1.09. The molecule has 5 nitrogen and oxygen atoms in total. The van der Waals surface area contributed by atoms with Gasteiger partial charge in [0.25, 0.3) is 0 Å². The third-order valence-corrected chi connectivity index (χ3v) is 2.50. The number of hydrogen-bond donors (Lipinski definition) is 2. The molecule has 0 fully saturated rings. The first kappa shape index (κ1) is 14.3. The SMILES string of the molecule is CNC(=O)CCCOc1ccc(CO)cc1OC. The monoisotopic (exact) mass is 253 g/mol. The summed E-state index contributed by atoms with van der Waals surface area (Å²) < 4.78 is 10.7. The van der Waals surface area contributed by atoms with Gasteiger partial charge in [-0.2, -0.15) is 0 Å². The molecule has 1 aromatic carbocycles. The van der Waals surface area contributed by atoms with Crippen LogP contribution >= 0.6 is 0 Å². The second-order valence-corrected chi connectivity index (χ2v) is 3.77. The molecule has 5 heteroatoms. The minimum absolute atomic E-state index is 0.00111. The maximum atomic E-state index is 11.0. The number of hydrogen-bond acceptors (Lipinski definition) is 4. The Labute approximate surface area is 107 Å². The highest BCUT2D eigenvalue weighted by atomic mass is 16.5. The summed E-state index contributed by atoms with van der Waals surface area (Å²) in [6, 6.07) is 5.26. The maximum absolute atomic E-state index is 11.0. The van der Waals surface area contributed by atoms with Crippen molar-refractivity contribution in [2.45, 2.75) is 19.4 Å². The molecule has 0 atom stereocenters. The van der Waals surface area contributed by atoms with E-state index >= 15 is 0 Å². The van der Waals surface area contributed by atoms with Crippen molar-refractivity contribution in [1.82, 2.24) is 5.32 Å². The van der Waals surface area contributed by atoms with Crippen molar-refractivity contribution >= 4 is 5.91 Å². The Morgan fingerprint density at radius 3 is 2.78 bits per heavy atom. The summed E-state index contributed by atoms with van der Waals surface area (Å²) in [6.45, 7) is 0.412. The topological polar surface area (TPSA) is 67.8 Å². The molecule has 1 amide bonds. The lowest BCUT2D eigenvalue weighted by Crippen LogP contribution is -2.18. The Bertz CT molecular complexity index is 393. The summed E-state index contributed by atoms with van der Waals surface area (Å²) in [7, 11) is 3.16. The largest absolute Gasteiger partial charge is 0.493 e. The number of methoxy groups -OCH3 is 1. The van der Waals surface area contributed by atoms with Crippen molar-refractivity contribution in [3.8, 4) is 11.5 Å². The molecule has 0 radical (unpaired) electrons. The number of aliphatic hydroxyl groups excluding tert-OH is 1. The van der Waals surface area contributed by atoms with Crippen LogP contribution in [0.5, 0.6) is 11.5 Å². The smallest absolute Gasteiger partial charge is 0.219 e. The molecule has 0 saturated heterocycles. The Kier molecular flexibility index (Phi) is 6.00. The van der Waals surface area contributed by atoms with E-state index in [0.29, 0.717) is 30.9 Å². The molecule has 1 rings (SSSR count). The van der Waals surface area contributed by atoms with E-state index in [1.807, 2.05) is 0 Å². The normalized spacial score (nSPS) is 9.94. The molecule has 0 aliphatic rings. The van der Waals surface area contributed by atoms with E-state index in [-0.39, 0.29) is 12.5 Å². The Morgan fingerprint density at radius 2 is 2.17 bits per heavy atom. The molecule has 0 spiro atoms. The molecular formula is C13H19NO4. The summed E-state index contributed by atoms with van der Waals surface area (Å²) in [5.41, 5.74) is 0.768. The van der Waals surface area contributed by atoms with Crippen LogP contribution in [-0.4, -0.2) is 31.8 Å². The van der Waals surface area contributed by atoms with Gasteiger partial charge in [-0.3, -0.25) is 4.79 Å². The minimum Gasteiger partial charge on any atom is -0.493 e. The second-order valence-electron chi connectivity index (χ2n) is 3.77. The molecule has 0 aromatic heterocycles. The molecule has 18 heavy (non-hydrogen) atoms. The van der Waals surface area contributed by atoms with Crippen LogP contribution in [0.3, 0.4) is 0 Å². The zero-order valence-electron chi connectivity index (χ0n) is 10.7. The predicted molar refractivity (Wildman–Crippen MR) is 67.7 cm³/mol. The molecule has 0 heterocycles. The van der Waals surface area contributed by atoms with Crippen molar-refractivity contribution in [3.63, 3.8) is 0 Å². The van der Waals surface area contributed by atoms with E-state index in [9.17, 15) is 4.79 Å². The van der Waals surface area contributed by atoms with Crippen LogP contribution in [0.25, 0.3) is 0 Å². The van der Waals surface area contributed by atoms with Gasteiger partial charge < -0.3 is 19.9 Å². The lowest BCUT2D eigenvalue weighted by molar-refractivity contribution is -0.120. The molecule has 0 saturated carbocycles. The first-order valence-electron chi connectivity index (χ1n) is 5.82. The molecule has 0 aliphatic heterocycles. The third-order valence-electron chi connectivity index (χ3n) is 2.50. The summed E-state index contributed by atoms with van der Waals surface area (Å²) in [4.78, 5) is 11.0. The number of rotatable bonds is 7. The third kappa shape index (κ3) is 4.25. The van der Waals surface area contributed by atoms with Gasteiger partial charge in [0.2, 0.25) is 5.91 Å². The van der Waals surface area contributed by atoms with Gasteiger partial charge in [-0.1, -0.05) is 6.07 Å². The van der Waals surface area contributed by atoms with Crippen molar-refractivity contribution in [3.05, 3.63) is 23.8 Å². The average Bonchev–Trinajstić information content (AvgIpc) is 2.43. The first-order chi connectivity index (χ1) is 8.71. The number of ether oxygens (including phenoxy) is 2. The number of nitrogens with one attached hydrogen (secondary N) is 1. The molecule has 0 bridgehead atoms. The summed E-state index contributed by atoms with van der Waals surface area (Å²) in [5.74, 6) is 1.20. The zero-order chi connectivity index (χ0) is 13.4. The van der Waals surface area contributed by atoms with E-state index in [1.54, 1.807) is 32.4 Å². The number of aliphatic hydroxyl groups is 1. The van der Waals surface area contributed by atoms with Crippen LogP contribution in [0.15, 0.2) is 18.2 Å². The molecule has 0 aliphatic carbocycles. The number of benzene rings is 1. The van der Waals surface area contributed by atoms with E-state index in [4.69, 9.17) is 14.6 Å². The highest BCUT2D eigenvalue weighted by Gasteiger charge is 2.06. The molecule has 100 valence electrons. The Hall–Kier alpha value is -1.75. The standard InChI is InChI=1S/C13H19NO4/c1-14-13(16)4-3-7-18-11-6-5-10(9-15)8-12(11)17-2/h5-6,8,15H,3-4,7,9H2,1-2H3,(H,14,16). The van der Waals surface area contributed by atoms with E-state index in [0.717, 1.165) is 5.56 Å². The van der Waals surface area contributed by atoms with Gasteiger partial charge in [0, 0.05) is 13.5 Å². The fraction of sp³-hybridized carbons (Fsp3) is 0.462. The summed E-state index contributed by atoms with van der Waals surface area (Å²) in [5, 5.41) is 11.6. The molecular weight excluding hydrogens is 234 g/mol. The van der Waals surface area contributed by atoms with Crippen LogP contribution in [0, 0.1) is 0 Å². The molecule has 2 N–H and O–H groups in total. The highest BCUT2D eigenvalue weighted by Crippen LogP contribution is 2.28. The number of carbonyl (C=O) groups excluding carboxylic acids is 1. The van der Waals surface area contributed by atoms with Gasteiger partial charge in [0.1, 0.15) is 0 Å². The van der Waals surface area contributed by atoms with E-state index in [1.165, 1.54) is 0 Å². The van der Waals surface area contributed by atoms with Crippen LogP contribution in [0.4, 0.5) is 0 Å². The molecule has 0 unspecified atom stereocenters. The van der Waals surface area contributed by atoms with Crippen LogP contribution < -0.4 is 14.8 Å². The van der Waals surface area contributed by atoms with Gasteiger partial charge in [-0.15, -0.1) is 0 Å². The second kappa shape index (κ2) is 7.55. The van der Waals surface area contributed by atoms with Crippen molar-refractivity contribution in [1.29, 1.82) is 0 Å². The van der Waals surface area contributed by atoms with Crippen LogP contribution in [0.2, 0.25) is 0 Å². The number of amides is 1. The Morgan fingerprint density at radius 1 is 1.39 bits per heavy atom. The van der Waals surface area contributed by atoms with Crippen molar-refractivity contribution in [2.24, 2.45) is 0 Å². The Balaban J connectivity index is 2.49.